The van der Waals surface area contributed by atoms with Crippen LogP contribution in [0.4, 0.5) is 35.9 Å². The van der Waals surface area contributed by atoms with Crippen LogP contribution < -0.4 is 4.90 Å². The van der Waals surface area contributed by atoms with Crippen molar-refractivity contribution in [1.29, 1.82) is 0 Å². The third kappa shape index (κ3) is 3.72. The average Bonchev–Trinajstić information content (AvgIpc) is 3.07. The Labute approximate surface area is 193 Å². The van der Waals surface area contributed by atoms with Crippen LogP contribution in [0.3, 0.4) is 0 Å². The molecule has 1 atom stereocenters. The van der Waals surface area contributed by atoms with E-state index in [1.807, 2.05) is 0 Å². The number of amides is 1. The molecule has 0 aromatic heterocycles. The van der Waals surface area contributed by atoms with Crippen LogP contribution in [0.1, 0.15) is 15.9 Å². The van der Waals surface area contributed by atoms with E-state index >= 15 is 0 Å². The lowest BCUT2D eigenvalue weighted by Gasteiger charge is -2.30. The van der Waals surface area contributed by atoms with Gasteiger partial charge in [0.15, 0.2) is 0 Å². The lowest BCUT2D eigenvalue weighted by molar-refractivity contribution is -0.394. The van der Waals surface area contributed by atoms with Crippen molar-refractivity contribution in [2.24, 2.45) is 0 Å². The summed E-state index contributed by atoms with van der Waals surface area (Å²) in [5, 5.41) is 22.2. The third-order valence-electron chi connectivity index (χ3n) is 5.25. The Hall–Kier alpha value is -4.81. The van der Waals surface area contributed by atoms with Gasteiger partial charge in [0, 0.05) is 23.4 Å². The zero-order valence-electron chi connectivity index (χ0n) is 17.3. The van der Waals surface area contributed by atoms with Gasteiger partial charge >= 0.3 is 17.7 Å². The highest BCUT2D eigenvalue weighted by Gasteiger charge is 2.71. The number of ether oxygens (including phenoxy) is 1. The molecule has 0 saturated carbocycles. The predicted octanol–water partition coefficient (Wildman–Crippen LogP) is 4.80. The molecule has 0 radical (unpaired) electrons. The monoisotopic (exact) mass is 487 g/mol. The molecule has 1 aliphatic rings. The van der Waals surface area contributed by atoms with Gasteiger partial charge in [-0.15, -0.1) is 0 Å². The lowest BCUT2D eigenvalue weighted by Crippen LogP contribution is -2.53. The van der Waals surface area contributed by atoms with E-state index in [0.717, 1.165) is 11.0 Å². The Bertz CT molecular complexity index is 1350. The number of carbonyl (C=O) groups excluding carboxylic acids is 2. The van der Waals surface area contributed by atoms with Crippen molar-refractivity contribution in [3.63, 3.8) is 0 Å². The number of fused-ring (bicyclic) bond motifs is 1. The van der Waals surface area contributed by atoms with Crippen molar-refractivity contribution >= 4 is 34.6 Å². The number of hydrogen-bond acceptors (Lipinski definition) is 7. The number of hydrogen-bond donors (Lipinski definition) is 0. The van der Waals surface area contributed by atoms with E-state index in [-0.39, 0.29) is 11.4 Å². The molecule has 1 aliphatic heterocycles. The summed E-state index contributed by atoms with van der Waals surface area (Å²) in [7, 11) is 0. The zero-order chi connectivity index (χ0) is 25.5. The largest absolute Gasteiger partial charge is 0.442 e. The average molecular weight is 487 g/mol. The molecule has 1 unspecified atom stereocenters. The summed E-state index contributed by atoms with van der Waals surface area (Å²) in [5.74, 6) is -3.46. The first-order valence-corrected chi connectivity index (χ1v) is 9.70. The molecular weight excluding hydrogens is 475 g/mol. The van der Waals surface area contributed by atoms with Crippen LogP contribution in [0.15, 0.2) is 72.8 Å². The van der Waals surface area contributed by atoms with E-state index in [0.29, 0.717) is 18.2 Å². The van der Waals surface area contributed by atoms with Crippen molar-refractivity contribution in [3.05, 3.63) is 104 Å². The molecule has 10 nitrogen and oxygen atoms in total. The minimum Gasteiger partial charge on any atom is -0.430 e. The summed E-state index contributed by atoms with van der Waals surface area (Å²) in [6.45, 7) is 0. The summed E-state index contributed by atoms with van der Waals surface area (Å²) in [5.41, 5.74) is -7.37. The summed E-state index contributed by atoms with van der Waals surface area (Å²) >= 11 is 0. The fourth-order valence-electron chi connectivity index (χ4n) is 3.73. The van der Waals surface area contributed by atoms with Crippen molar-refractivity contribution in [1.82, 2.24) is 0 Å². The number of nitro groups is 2. The number of nitro benzene ring substituents is 2. The number of esters is 1. The Balaban J connectivity index is 1.88. The molecule has 4 rings (SSSR count). The molecule has 0 saturated heterocycles. The van der Waals surface area contributed by atoms with Gasteiger partial charge in [-0.1, -0.05) is 36.4 Å². The van der Waals surface area contributed by atoms with E-state index in [9.17, 15) is 43.0 Å². The number of alkyl halides is 3. The van der Waals surface area contributed by atoms with Gasteiger partial charge in [-0.05, 0) is 18.2 Å². The first-order chi connectivity index (χ1) is 16.5. The highest BCUT2D eigenvalue weighted by atomic mass is 19.4. The van der Waals surface area contributed by atoms with Crippen molar-refractivity contribution < 1.29 is 37.3 Å². The molecule has 178 valence electrons. The molecule has 0 fully saturated rings. The predicted molar refractivity (Wildman–Crippen MR) is 113 cm³/mol. The molecule has 1 amide bonds. The Morgan fingerprint density at radius 2 is 1.43 bits per heavy atom. The fraction of sp³-hybridized carbons (Fsp3) is 0.0909. The highest BCUT2D eigenvalue weighted by Crippen LogP contribution is 2.54. The SMILES string of the molecule is O=C(OC1(C(F)(F)F)C(=O)N(c2ccccc2)c2ccccc21)c1cc([N+](=O)[O-])cc([N+](=O)[O-])c1. The number of non-ortho nitro benzene ring substituents is 2. The first-order valence-electron chi connectivity index (χ1n) is 9.70. The van der Waals surface area contributed by atoms with Crippen LogP contribution in [0, 0.1) is 20.2 Å². The fourth-order valence-corrected chi connectivity index (χ4v) is 3.73. The number of halogens is 3. The summed E-state index contributed by atoms with van der Waals surface area (Å²) in [6, 6.07) is 13.7. The third-order valence-corrected chi connectivity index (χ3v) is 5.25. The van der Waals surface area contributed by atoms with E-state index < -0.39 is 56.0 Å². The number of carbonyl (C=O) groups is 2. The Morgan fingerprint density at radius 1 is 0.886 bits per heavy atom. The highest BCUT2D eigenvalue weighted by molar-refractivity contribution is 6.13. The van der Waals surface area contributed by atoms with Crippen LogP contribution in [0.25, 0.3) is 0 Å². The minimum atomic E-state index is -5.47. The van der Waals surface area contributed by atoms with Crippen molar-refractivity contribution in [2.75, 3.05) is 4.90 Å². The van der Waals surface area contributed by atoms with Crippen molar-refractivity contribution in [3.8, 4) is 0 Å². The molecule has 1 heterocycles. The van der Waals surface area contributed by atoms with Crippen LogP contribution in [0.5, 0.6) is 0 Å². The minimum absolute atomic E-state index is 0.0677. The number of benzene rings is 3. The van der Waals surface area contributed by atoms with E-state index in [4.69, 9.17) is 4.74 Å². The maximum absolute atomic E-state index is 14.6. The number of nitrogens with zero attached hydrogens (tertiary/aromatic N) is 3. The quantitative estimate of drug-likeness (QED) is 0.287. The maximum atomic E-state index is 14.6. The molecule has 0 N–H and O–H groups in total. The van der Waals surface area contributed by atoms with Crippen LogP contribution >= 0.6 is 0 Å². The van der Waals surface area contributed by atoms with Gasteiger partial charge in [-0.25, -0.2) is 4.79 Å². The molecule has 0 aliphatic carbocycles. The van der Waals surface area contributed by atoms with Crippen LogP contribution in [0.2, 0.25) is 0 Å². The standard InChI is InChI=1S/C22H12F3N3O7/c23-22(24,25)21(35-19(29)13-10-15(27(31)32)12-16(11-13)28(33)34)17-8-4-5-9-18(17)26(20(21)30)14-6-2-1-3-7-14/h1-12H. The number of anilines is 2. The number of para-hydroxylation sites is 2. The van der Waals surface area contributed by atoms with Gasteiger partial charge in [0.2, 0.25) is 0 Å². The van der Waals surface area contributed by atoms with Gasteiger partial charge < -0.3 is 4.74 Å². The molecule has 3 aromatic rings. The topological polar surface area (TPSA) is 133 Å². The molecule has 35 heavy (non-hydrogen) atoms. The smallest absolute Gasteiger partial charge is 0.430 e. The Kier molecular flexibility index (Phi) is 5.47. The molecule has 0 bridgehead atoms. The molecule has 3 aromatic carbocycles. The van der Waals surface area contributed by atoms with Crippen LogP contribution in [-0.4, -0.2) is 27.9 Å². The van der Waals surface area contributed by atoms with Gasteiger partial charge in [-0.3, -0.25) is 29.9 Å². The van der Waals surface area contributed by atoms with E-state index in [1.54, 1.807) is 6.07 Å². The molecular formula is C22H12F3N3O7. The number of rotatable bonds is 5. The van der Waals surface area contributed by atoms with Gasteiger partial charge in [0.1, 0.15) is 0 Å². The second-order valence-electron chi connectivity index (χ2n) is 7.31. The lowest BCUT2D eigenvalue weighted by atomic mass is 9.94. The van der Waals surface area contributed by atoms with E-state index in [1.165, 1.54) is 42.5 Å². The second-order valence-corrected chi connectivity index (χ2v) is 7.31. The van der Waals surface area contributed by atoms with Gasteiger partial charge in [-0.2, -0.15) is 13.2 Å². The first kappa shape index (κ1) is 23.4. The summed E-state index contributed by atoms with van der Waals surface area (Å²) in [6.07, 6.45) is -5.47. The van der Waals surface area contributed by atoms with E-state index in [2.05, 4.69) is 0 Å². The maximum Gasteiger partial charge on any atom is 0.442 e. The summed E-state index contributed by atoms with van der Waals surface area (Å²) < 4.78 is 48.6. The van der Waals surface area contributed by atoms with Crippen LogP contribution in [-0.2, 0) is 15.1 Å². The van der Waals surface area contributed by atoms with Gasteiger partial charge in [0.05, 0.1) is 27.2 Å². The second kappa shape index (κ2) is 8.20. The molecule has 0 spiro atoms. The zero-order valence-corrected chi connectivity index (χ0v) is 17.3. The Morgan fingerprint density at radius 3 is 1.97 bits per heavy atom. The van der Waals surface area contributed by atoms with Crippen molar-refractivity contribution in [2.45, 2.75) is 11.8 Å². The molecule has 13 heteroatoms. The van der Waals surface area contributed by atoms with Gasteiger partial charge in [0.25, 0.3) is 17.3 Å². The normalized spacial score (nSPS) is 17.1. The summed E-state index contributed by atoms with van der Waals surface area (Å²) in [4.78, 5) is 47.1.